The number of aromatic nitrogens is 1. The number of benzene rings is 1. The van der Waals surface area contributed by atoms with Crippen molar-refractivity contribution in [3.63, 3.8) is 0 Å². The summed E-state index contributed by atoms with van der Waals surface area (Å²) in [6.45, 7) is 5.76. The highest BCUT2D eigenvalue weighted by atomic mass is 19.1. The van der Waals surface area contributed by atoms with E-state index in [2.05, 4.69) is 24.1 Å². The fraction of sp³-hybridized carbons (Fsp3) is 0.312. The van der Waals surface area contributed by atoms with Gasteiger partial charge < -0.3 is 10.1 Å². The predicted molar refractivity (Wildman–Crippen MR) is 77.2 cm³/mol. The molecule has 1 N–H and O–H groups in total. The third-order valence-corrected chi connectivity index (χ3v) is 2.70. The van der Waals surface area contributed by atoms with E-state index in [1.807, 2.05) is 6.07 Å². The van der Waals surface area contributed by atoms with E-state index in [-0.39, 0.29) is 5.75 Å². The second-order valence-corrected chi connectivity index (χ2v) is 5.20. The molecule has 0 fully saturated rings. The monoisotopic (exact) mass is 292 g/mol. The first kappa shape index (κ1) is 15.4. The van der Waals surface area contributed by atoms with Crippen LogP contribution in [-0.2, 0) is 6.54 Å². The Labute approximate surface area is 123 Å². The number of ether oxygens (including phenoxy) is 1. The molecule has 0 aliphatic carbocycles. The number of rotatable bonds is 6. The van der Waals surface area contributed by atoms with Crippen LogP contribution in [0.3, 0.4) is 0 Å². The zero-order chi connectivity index (χ0) is 15.2. The topological polar surface area (TPSA) is 34.1 Å². The Bertz CT molecular complexity index is 582. The van der Waals surface area contributed by atoms with Gasteiger partial charge in [-0.05, 0) is 18.5 Å². The minimum absolute atomic E-state index is 0.0901. The molecule has 0 amide bonds. The lowest BCUT2D eigenvalue weighted by atomic mass is 10.2. The van der Waals surface area contributed by atoms with Crippen LogP contribution in [-0.4, -0.2) is 11.5 Å². The van der Waals surface area contributed by atoms with Gasteiger partial charge in [0.15, 0.2) is 0 Å². The average Bonchev–Trinajstić information content (AvgIpc) is 2.37. The van der Waals surface area contributed by atoms with Crippen LogP contribution in [0.1, 0.15) is 19.5 Å². The first-order valence-corrected chi connectivity index (χ1v) is 6.83. The molecular formula is C16H18F2N2O. The standard InChI is InChI=1S/C16H18F2N2O/c1-11(2)9-19-10-14-4-3-5-16(20-14)21-15-7-12(17)6-13(18)8-15/h3-8,11,19H,9-10H2,1-2H3. The van der Waals surface area contributed by atoms with E-state index in [4.69, 9.17) is 4.74 Å². The maximum Gasteiger partial charge on any atom is 0.219 e. The van der Waals surface area contributed by atoms with Crippen LogP contribution in [0.5, 0.6) is 11.6 Å². The molecule has 21 heavy (non-hydrogen) atoms. The first-order chi connectivity index (χ1) is 10.0. The van der Waals surface area contributed by atoms with Crippen molar-refractivity contribution in [2.24, 2.45) is 5.92 Å². The molecule has 0 saturated carbocycles. The lowest BCUT2D eigenvalue weighted by Gasteiger charge is -2.09. The smallest absolute Gasteiger partial charge is 0.219 e. The van der Waals surface area contributed by atoms with Crippen LogP contribution in [0.2, 0.25) is 0 Å². The number of pyridine rings is 1. The van der Waals surface area contributed by atoms with Crippen molar-refractivity contribution < 1.29 is 13.5 Å². The number of hydrogen-bond acceptors (Lipinski definition) is 3. The van der Waals surface area contributed by atoms with Gasteiger partial charge in [-0.1, -0.05) is 19.9 Å². The van der Waals surface area contributed by atoms with Crippen molar-refractivity contribution in [2.75, 3.05) is 6.54 Å². The van der Waals surface area contributed by atoms with Gasteiger partial charge in [0.1, 0.15) is 17.4 Å². The Morgan fingerprint density at radius 3 is 2.52 bits per heavy atom. The normalized spacial score (nSPS) is 10.9. The SMILES string of the molecule is CC(C)CNCc1cccc(Oc2cc(F)cc(F)c2)n1. The molecule has 0 unspecified atom stereocenters. The minimum Gasteiger partial charge on any atom is -0.439 e. The minimum atomic E-state index is -0.681. The molecule has 0 spiro atoms. The first-order valence-electron chi connectivity index (χ1n) is 6.83. The van der Waals surface area contributed by atoms with Gasteiger partial charge in [-0.3, -0.25) is 0 Å². The molecule has 2 rings (SSSR count). The number of halogens is 2. The van der Waals surface area contributed by atoms with Gasteiger partial charge in [0.2, 0.25) is 5.88 Å². The van der Waals surface area contributed by atoms with Crippen molar-refractivity contribution in [1.29, 1.82) is 0 Å². The molecule has 3 nitrogen and oxygen atoms in total. The zero-order valence-electron chi connectivity index (χ0n) is 12.1. The maximum absolute atomic E-state index is 13.1. The van der Waals surface area contributed by atoms with E-state index in [1.54, 1.807) is 12.1 Å². The molecule has 112 valence electrons. The van der Waals surface area contributed by atoms with E-state index in [0.717, 1.165) is 30.4 Å². The fourth-order valence-corrected chi connectivity index (χ4v) is 1.81. The Morgan fingerprint density at radius 1 is 1.14 bits per heavy atom. The third kappa shape index (κ3) is 5.11. The molecule has 1 heterocycles. The number of nitrogens with one attached hydrogen (secondary N) is 1. The van der Waals surface area contributed by atoms with Gasteiger partial charge in [-0.2, -0.15) is 0 Å². The third-order valence-electron chi connectivity index (χ3n) is 2.70. The van der Waals surface area contributed by atoms with E-state index in [0.29, 0.717) is 18.3 Å². The summed E-state index contributed by atoms with van der Waals surface area (Å²) in [5, 5.41) is 3.27. The summed E-state index contributed by atoms with van der Waals surface area (Å²) in [4.78, 5) is 4.29. The van der Waals surface area contributed by atoms with E-state index < -0.39 is 11.6 Å². The lowest BCUT2D eigenvalue weighted by molar-refractivity contribution is 0.447. The highest BCUT2D eigenvalue weighted by Crippen LogP contribution is 2.21. The second-order valence-electron chi connectivity index (χ2n) is 5.20. The van der Waals surface area contributed by atoms with Gasteiger partial charge in [0.05, 0.1) is 5.69 Å². The Morgan fingerprint density at radius 2 is 1.86 bits per heavy atom. The van der Waals surface area contributed by atoms with Gasteiger partial charge in [0, 0.05) is 30.8 Å². The number of hydrogen-bond donors (Lipinski definition) is 1. The number of nitrogens with zero attached hydrogens (tertiary/aromatic N) is 1. The molecule has 0 aliphatic heterocycles. The Hall–Kier alpha value is -2.01. The van der Waals surface area contributed by atoms with Crippen LogP contribution in [0, 0.1) is 17.6 Å². The van der Waals surface area contributed by atoms with Crippen LogP contribution in [0.15, 0.2) is 36.4 Å². The summed E-state index contributed by atoms with van der Waals surface area (Å²) in [6, 6.07) is 8.35. The predicted octanol–water partition coefficient (Wildman–Crippen LogP) is 3.90. The molecule has 0 saturated heterocycles. The van der Waals surface area contributed by atoms with Crippen molar-refractivity contribution in [2.45, 2.75) is 20.4 Å². The fourth-order valence-electron chi connectivity index (χ4n) is 1.81. The average molecular weight is 292 g/mol. The lowest BCUT2D eigenvalue weighted by Crippen LogP contribution is -2.19. The van der Waals surface area contributed by atoms with Gasteiger partial charge >= 0.3 is 0 Å². The van der Waals surface area contributed by atoms with Crippen LogP contribution >= 0.6 is 0 Å². The van der Waals surface area contributed by atoms with E-state index in [1.165, 1.54) is 0 Å². The summed E-state index contributed by atoms with van der Waals surface area (Å²) in [7, 11) is 0. The molecule has 0 bridgehead atoms. The highest BCUT2D eigenvalue weighted by molar-refractivity contribution is 5.28. The summed E-state index contributed by atoms with van der Waals surface area (Å²) in [5.74, 6) is -0.407. The largest absolute Gasteiger partial charge is 0.439 e. The molecule has 5 heteroatoms. The Kier molecular flexibility index (Phi) is 5.22. The van der Waals surface area contributed by atoms with Crippen molar-refractivity contribution in [3.05, 3.63) is 53.7 Å². The van der Waals surface area contributed by atoms with Crippen LogP contribution in [0.25, 0.3) is 0 Å². The van der Waals surface area contributed by atoms with Crippen molar-refractivity contribution in [1.82, 2.24) is 10.3 Å². The molecule has 0 radical (unpaired) electrons. The van der Waals surface area contributed by atoms with Gasteiger partial charge in [-0.15, -0.1) is 0 Å². The van der Waals surface area contributed by atoms with E-state index >= 15 is 0 Å². The van der Waals surface area contributed by atoms with Crippen LogP contribution < -0.4 is 10.1 Å². The molecule has 0 atom stereocenters. The van der Waals surface area contributed by atoms with Gasteiger partial charge in [0.25, 0.3) is 0 Å². The summed E-state index contributed by atoms with van der Waals surface area (Å²) >= 11 is 0. The second kappa shape index (κ2) is 7.13. The quantitative estimate of drug-likeness (QED) is 0.877. The molecule has 2 aromatic rings. The molecule has 1 aromatic carbocycles. The zero-order valence-corrected chi connectivity index (χ0v) is 12.1. The van der Waals surface area contributed by atoms with Crippen molar-refractivity contribution in [3.8, 4) is 11.6 Å². The van der Waals surface area contributed by atoms with Crippen molar-refractivity contribution >= 4 is 0 Å². The summed E-state index contributed by atoms with van der Waals surface area (Å²) in [6.07, 6.45) is 0. The van der Waals surface area contributed by atoms with Crippen LogP contribution in [0.4, 0.5) is 8.78 Å². The summed E-state index contributed by atoms with van der Waals surface area (Å²) in [5.41, 5.74) is 0.810. The maximum atomic E-state index is 13.1. The Balaban J connectivity index is 2.03. The molecule has 1 aromatic heterocycles. The molecule has 0 aliphatic rings. The van der Waals surface area contributed by atoms with E-state index in [9.17, 15) is 8.78 Å². The summed E-state index contributed by atoms with van der Waals surface area (Å²) < 4.78 is 31.6. The molecular weight excluding hydrogens is 274 g/mol. The highest BCUT2D eigenvalue weighted by Gasteiger charge is 2.05. The van der Waals surface area contributed by atoms with Gasteiger partial charge in [-0.25, -0.2) is 13.8 Å².